The summed E-state index contributed by atoms with van der Waals surface area (Å²) in [7, 11) is 3.19. The van der Waals surface area contributed by atoms with Gasteiger partial charge in [0.2, 0.25) is 0 Å². The molecule has 1 aromatic heterocycles. The second-order valence-corrected chi connectivity index (χ2v) is 7.08. The average Bonchev–Trinajstić information content (AvgIpc) is 2.75. The molecule has 2 aromatic carbocycles. The number of aliphatic hydroxyl groups excluding tert-OH is 1. The van der Waals surface area contributed by atoms with E-state index in [1.54, 1.807) is 33.3 Å². The lowest BCUT2D eigenvalue weighted by atomic mass is 10.1. The van der Waals surface area contributed by atoms with Crippen LogP contribution in [0.15, 0.2) is 45.6 Å². The van der Waals surface area contributed by atoms with Crippen LogP contribution in [0.3, 0.4) is 0 Å². The number of hydrogen-bond acceptors (Lipinski definition) is 7. The normalized spacial score (nSPS) is 12.0. The molecule has 7 nitrogen and oxygen atoms in total. The third kappa shape index (κ3) is 4.93. The summed E-state index contributed by atoms with van der Waals surface area (Å²) in [4.78, 5) is 11.9. The van der Waals surface area contributed by atoms with Crippen LogP contribution in [-0.2, 0) is 6.54 Å². The van der Waals surface area contributed by atoms with Crippen molar-refractivity contribution in [3.63, 3.8) is 0 Å². The number of ether oxygens (including phenoxy) is 3. The molecule has 0 bridgehead atoms. The highest BCUT2D eigenvalue weighted by atomic mass is 16.5. The Morgan fingerprint density at radius 3 is 2.53 bits per heavy atom. The van der Waals surface area contributed by atoms with E-state index in [2.05, 4.69) is 5.32 Å². The second kappa shape index (κ2) is 9.65. The Labute approximate surface area is 175 Å². The number of methoxy groups -OCH3 is 2. The minimum Gasteiger partial charge on any atom is -0.493 e. The molecule has 0 amide bonds. The Hall–Kier alpha value is -3.03. The Balaban J connectivity index is 1.53. The SMILES string of the molecule is COc1ccc(CNC[C@@H](O)COc2ccc3c(C)c(C)c(=O)oc3c2)cc1OC. The van der Waals surface area contributed by atoms with Gasteiger partial charge in [0, 0.05) is 30.1 Å². The fraction of sp³-hybridized carbons (Fsp3) is 0.348. The summed E-state index contributed by atoms with van der Waals surface area (Å²) in [6.07, 6.45) is -0.701. The van der Waals surface area contributed by atoms with Crippen molar-refractivity contribution >= 4 is 11.0 Å². The molecule has 160 valence electrons. The smallest absolute Gasteiger partial charge is 0.339 e. The summed E-state index contributed by atoms with van der Waals surface area (Å²) >= 11 is 0. The summed E-state index contributed by atoms with van der Waals surface area (Å²) < 4.78 is 21.5. The fourth-order valence-corrected chi connectivity index (χ4v) is 3.14. The lowest BCUT2D eigenvalue weighted by Crippen LogP contribution is -2.31. The predicted octanol–water partition coefficient (Wildman–Crippen LogP) is 2.96. The minimum atomic E-state index is -0.701. The van der Waals surface area contributed by atoms with Gasteiger partial charge in [-0.1, -0.05) is 6.07 Å². The van der Waals surface area contributed by atoms with E-state index in [0.717, 1.165) is 16.5 Å². The molecular formula is C23H27NO6. The van der Waals surface area contributed by atoms with Crippen LogP contribution in [0.2, 0.25) is 0 Å². The van der Waals surface area contributed by atoms with E-state index in [1.807, 2.05) is 31.2 Å². The standard InChI is InChI=1S/C23H27NO6/c1-14-15(2)23(26)30-21-10-18(6-7-19(14)21)29-13-17(25)12-24-11-16-5-8-20(27-3)22(9-16)28-4/h5-10,17,24-25H,11-13H2,1-4H3/t17-/m1/s1. The first-order valence-electron chi connectivity index (χ1n) is 9.69. The number of aryl methyl sites for hydroxylation is 1. The molecule has 2 N–H and O–H groups in total. The number of nitrogens with one attached hydrogen (secondary N) is 1. The molecular weight excluding hydrogens is 386 g/mol. The molecule has 3 rings (SSSR count). The maximum Gasteiger partial charge on any atom is 0.339 e. The van der Waals surface area contributed by atoms with Gasteiger partial charge in [0.25, 0.3) is 0 Å². The number of hydrogen-bond donors (Lipinski definition) is 2. The van der Waals surface area contributed by atoms with Crippen LogP contribution >= 0.6 is 0 Å². The van der Waals surface area contributed by atoms with E-state index in [-0.39, 0.29) is 12.2 Å². The van der Waals surface area contributed by atoms with Crippen LogP contribution in [0.25, 0.3) is 11.0 Å². The van der Waals surface area contributed by atoms with Crippen LogP contribution < -0.4 is 25.2 Å². The van der Waals surface area contributed by atoms with Gasteiger partial charge in [-0.3, -0.25) is 0 Å². The van der Waals surface area contributed by atoms with Gasteiger partial charge in [-0.25, -0.2) is 4.79 Å². The zero-order valence-corrected chi connectivity index (χ0v) is 17.7. The van der Waals surface area contributed by atoms with E-state index in [4.69, 9.17) is 18.6 Å². The highest BCUT2D eigenvalue weighted by Gasteiger charge is 2.10. The Morgan fingerprint density at radius 2 is 1.80 bits per heavy atom. The van der Waals surface area contributed by atoms with Crippen LogP contribution in [0, 0.1) is 13.8 Å². The van der Waals surface area contributed by atoms with Gasteiger partial charge in [-0.05, 0) is 49.2 Å². The van der Waals surface area contributed by atoms with Crippen molar-refractivity contribution in [2.75, 3.05) is 27.4 Å². The van der Waals surface area contributed by atoms with Crippen LogP contribution in [-0.4, -0.2) is 38.6 Å². The highest BCUT2D eigenvalue weighted by molar-refractivity contribution is 5.82. The fourth-order valence-electron chi connectivity index (χ4n) is 3.14. The summed E-state index contributed by atoms with van der Waals surface area (Å²) in [6.45, 7) is 4.67. The van der Waals surface area contributed by atoms with Crippen molar-refractivity contribution in [3.05, 3.63) is 63.5 Å². The zero-order chi connectivity index (χ0) is 21.7. The first kappa shape index (κ1) is 21.7. The summed E-state index contributed by atoms with van der Waals surface area (Å²) in [5.41, 5.74) is 2.63. The second-order valence-electron chi connectivity index (χ2n) is 7.08. The van der Waals surface area contributed by atoms with Crippen molar-refractivity contribution in [1.29, 1.82) is 0 Å². The average molecular weight is 413 g/mol. The molecule has 7 heteroatoms. The van der Waals surface area contributed by atoms with Crippen molar-refractivity contribution < 1.29 is 23.7 Å². The van der Waals surface area contributed by atoms with E-state index >= 15 is 0 Å². The largest absolute Gasteiger partial charge is 0.493 e. The molecule has 0 aliphatic rings. The highest BCUT2D eigenvalue weighted by Crippen LogP contribution is 2.27. The minimum absolute atomic E-state index is 0.111. The Morgan fingerprint density at radius 1 is 1.03 bits per heavy atom. The maximum atomic E-state index is 11.9. The molecule has 0 spiro atoms. The van der Waals surface area contributed by atoms with Crippen molar-refractivity contribution in [1.82, 2.24) is 5.32 Å². The van der Waals surface area contributed by atoms with E-state index in [0.29, 0.717) is 41.5 Å². The first-order valence-corrected chi connectivity index (χ1v) is 9.69. The molecule has 1 atom stereocenters. The lowest BCUT2D eigenvalue weighted by Gasteiger charge is -2.14. The van der Waals surface area contributed by atoms with Crippen molar-refractivity contribution in [2.24, 2.45) is 0 Å². The molecule has 0 aliphatic carbocycles. The van der Waals surface area contributed by atoms with E-state index < -0.39 is 6.10 Å². The molecule has 0 aliphatic heterocycles. The number of fused-ring (bicyclic) bond motifs is 1. The van der Waals surface area contributed by atoms with E-state index in [9.17, 15) is 9.90 Å². The summed E-state index contributed by atoms with van der Waals surface area (Å²) in [5.74, 6) is 1.87. The number of aliphatic hydroxyl groups is 1. The molecule has 0 unspecified atom stereocenters. The Kier molecular flexibility index (Phi) is 6.97. The van der Waals surface area contributed by atoms with Crippen molar-refractivity contribution in [2.45, 2.75) is 26.5 Å². The molecule has 1 heterocycles. The van der Waals surface area contributed by atoms with Gasteiger partial charge in [-0.15, -0.1) is 0 Å². The quantitative estimate of drug-likeness (QED) is 0.521. The maximum absolute atomic E-state index is 11.9. The molecule has 3 aromatic rings. The molecule has 0 saturated carbocycles. The zero-order valence-electron chi connectivity index (χ0n) is 17.7. The van der Waals surface area contributed by atoms with Crippen molar-refractivity contribution in [3.8, 4) is 17.2 Å². The Bertz CT molecular complexity index is 1080. The molecule has 30 heavy (non-hydrogen) atoms. The monoisotopic (exact) mass is 413 g/mol. The predicted molar refractivity (Wildman–Crippen MR) is 115 cm³/mol. The first-order chi connectivity index (χ1) is 14.4. The van der Waals surface area contributed by atoms with Crippen LogP contribution in [0.1, 0.15) is 16.7 Å². The molecule has 0 radical (unpaired) electrons. The summed E-state index contributed by atoms with van der Waals surface area (Å²) in [6, 6.07) is 11.0. The van der Waals surface area contributed by atoms with Gasteiger partial charge in [0.15, 0.2) is 11.5 Å². The van der Waals surface area contributed by atoms with Crippen LogP contribution in [0.4, 0.5) is 0 Å². The van der Waals surface area contributed by atoms with Crippen LogP contribution in [0.5, 0.6) is 17.2 Å². The lowest BCUT2D eigenvalue weighted by molar-refractivity contribution is 0.106. The van der Waals surface area contributed by atoms with Gasteiger partial charge in [0.05, 0.1) is 14.2 Å². The third-order valence-corrected chi connectivity index (χ3v) is 5.03. The number of rotatable bonds is 9. The van der Waals surface area contributed by atoms with Gasteiger partial charge in [-0.2, -0.15) is 0 Å². The summed E-state index contributed by atoms with van der Waals surface area (Å²) in [5, 5.41) is 14.3. The molecule has 0 saturated heterocycles. The van der Waals surface area contributed by atoms with Gasteiger partial charge < -0.3 is 29.1 Å². The van der Waals surface area contributed by atoms with Gasteiger partial charge >= 0.3 is 5.63 Å². The topological polar surface area (TPSA) is 90.2 Å². The van der Waals surface area contributed by atoms with Gasteiger partial charge in [0.1, 0.15) is 24.0 Å². The third-order valence-electron chi connectivity index (χ3n) is 5.03. The van der Waals surface area contributed by atoms with E-state index in [1.165, 1.54) is 0 Å². The molecule has 0 fully saturated rings. The number of benzene rings is 2.